The van der Waals surface area contributed by atoms with E-state index in [1.54, 1.807) is 0 Å². The fourth-order valence-corrected chi connectivity index (χ4v) is 2.03. The van der Waals surface area contributed by atoms with Crippen molar-refractivity contribution in [2.24, 2.45) is 7.05 Å². The highest BCUT2D eigenvalue weighted by molar-refractivity contribution is 8.07. The summed E-state index contributed by atoms with van der Waals surface area (Å²) in [6.07, 6.45) is 0. The van der Waals surface area contributed by atoms with E-state index >= 15 is 0 Å². The van der Waals surface area contributed by atoms with Crippen LogP contribution in [0.2, 0.25) is 0 Å². The highest BCUT2D eigenvalue weighted by atomic mass is 32.2. The SMILES string of the molecule is CC(C)S(=O)(=O)C(=O)c1cc(C(=O)O)nn1C. The Kier molecular flexibility index (Phi) is 3.37. The summed E-state index contributed by atoms with van der Waals surface area (Å²) in [7, 11) is -2.64. The third-order valence-corrected chi connectivity index (χ3v) is 4.15. The van der Waals surface area contributed by atoms with E-state index in [-0.39, 0.29) is 11.4 Å². The van der Waals surface area contributed by atoms with Crippen molar-refractivity contribution in [3.05, 3.63) is 17.5 Å². The molecule has 0 aromatic carbocycles. The third-order valence-electron chi connectivity index (χ3n) is 2.19. The largest absolute Gasteiger partial charge is 0.476 e. The van der Waals surface area contributed by atoms with Crippen LogP contribution in [-0.4, -0.2) is 39.6 Å². The van der Waals surface area contributed by atoms with E-state index in [0.717, 1.165) is 10.7 Å². The maximum absolute atomic E-state index is 11.7. The number of carbonyl (C=O) groups is 2. The van der Waals surface area contributed by atoms with Crippen LogP contribution < -0.4 is 0 Å². The standard InChI is InChI=1S/C9H12N2O5S/c1-5(2)17(15,16)9(14)7-4-6(8(12)13)10-11(7)3/h4-5H,1-3H3,(H,12,13). The molecule has 0 unspecified atom stereocenters. The van der Waals surface area contributed by atoms with Gasteiger partial charge in [0.25, 0.3) is 5.12 Å². The Bertz CT molecular complexity index is 570. The van der Waals surface area contributed by atoms with E-state index in [0.29, 0.717) is 0 Å². The molecule has 0 atom stereocenters. The number of aromatic nitrogens is 2. The highest BCUT2D eigenvalue weighted by Crippen LogP contribution is 2.12. The van der Waals surface area contributed by atoms with Gasteiger partial charge in [0.15, 0.2) is 5.69 Å². The average molecular weight is 260 g/mol. The molecule has 0 aliphatic heterocycles. The molecule has 0 aliphatic rings. The number of carboxylic acids is 1. The van der Waals surface area contributed by atoms with Crippen LogP contribution in [0.5, 0.6) is 0 Å². The van der Waals surface area contributed by atoms with Gasteiger partial charge in [-0.25, -0.2) is 13.2 Å². The minimum absolute atomic E-state index is 0.254. The van der Waals surface area contributed by atoms with Gasteiger partial charge in [-0.2, -0.15) is 5.10 Å². The number of aryl methyl sites for hydroxylation is 1. The van der Waals surface area contributed by atoms with Crippen molar-refractivity contribution < 1.29 is 23.1 Å². The van der Waals surface area contributed by atoms with Crippen molar-refractivity contribution in [2.75, 3.05) is 0 Å². The first-order valence-electron chi connectivity index (χ1n) is 4.73. The minimum Gasteiger partial charge on any atom is -0.476 e. The molecule has 1 aromatic heterocycles. The van der Waals surface area contributed by atoms with Crippen LogP contribution in [-0.2, 0) is 16.9 Å². The maximum Gasteiger partial charge on any atom is 0.356 e. The summed E-state index contributed by atoms with van der Waals surface area (Å²) in [6.45, 7) is 2.75. The van der Waals surface area contributed by atoms with Gasteiger partial charge in [-0.1, -0.05) is 0 Å². The molecule has 0 radical (unpaired) electrons. The lowest BCUT2D eigenvalue weighted by Gasteiger charge is -2.05. The van der Waals surface area contributed by atoms with E-state index in [2.05, 4.69) is 5.10 Å². The first kappa shape index (κ1) is 13.4. The van der Waals surface area contributed by atoms with Gasteiger partial charge in [0.2, 0.25) is 9.84 Å². The van der Waals surface area contributed by atoms with Gasteiger partial charge in [0.05, 0.1) is 5.25 Å². The van der Waals surface area contributed by atoms with E-state index in [9.17, 15) is 18.0 Å². The Labute approximate surface area is 98.0 Å². The van der Waals surface area contributed by atoms with Crippen LogP contribution in [0.25, 0.3) is 0 Å². The van der Waals surface area contributed by atoms with Crippen molar-refractivity contribution in [3.63, 3.8) is 0 Å². The number of aromatic carboxylic acids is 1. The lowest BCUT2D eigenvalue weighted by atomic mass is 10.4. The highest BCUT2D eigenvalue weighted by Gasteiger charge is 2.31. The van der Waals surface area contributed by atoms with Crippen molar-refractivity contribution >= 4 is 20.9 Å². The minimum atomic E-state index is -3.96. The van der Waals surface area contributed by atoms with Crippen molar-refractivity contribution in [1.29, 1.82) is 0 Å². The molecule has 17 heavy (non-hydrogen) atoms. The summed E-state index contributed by atoms with van der Waals surface area (Å²) in [5.74, 6) is -1.32. The summed E-state index contributed by atoms with van der Waals surface area (Å²) in [5, 5.41) is 10.2. The molecule has 1 heterocycles. The third kappa shape index (κ3) is 2.36. The van der Waals surface area contributed by atoms with Crippen LogP contribution in [0.1, 0.15) is 34.8 Å². The Morgan fingerprint density at radius 1 is 1.41 bits per heavy atom. The number of hydrogen-bond donors (Lipinski definition) is 1. The predicted molar refractivity (Wildman–Crippen MR) is 58.6 cm³/mol. The molecular weight excluding hydrogens is 248 g/mol. The molecule has 0 saturated carbocycles. The fourth-order valence-electron chi connectivity index (χ4n) is 1.12. The van der Waals surface area contributed by atoms with Gasteiger partial charge in [-0.05, 0) is 13.8 Å². The second-order valence-corrected chi connectivity index (χ2v) is 6.13. The second kappa shape index (κ2) is 4.28. The Morgan fingerprint density at radius 3 is 2.29 bits per heavy atom. The molecule has 94 valence electrons. The monoisotopic (exact) mass is 260 g/mol. The fraction of sp³-hybridized carbons (Fsp3) is 0.444. The molecule has 1 rings (SSSR count). The molecule has 0 bridgehead atoms. The number of hydrogen-bond acceptors (Lipinski definition) is 5. The molecule has 7 nitrogen and oxygen atoms in total. The molecule has 1 N–H and O–H groups in total. The van der Waals surface area contributed by atoms with Gasteiger partial charge >= 0.3 is 5.97 Å². The van der Waals surface area contributed by atoms with Crippen LogP contribution >= 0.6 is 0 Å². The topological polar surface area (TPSA) is 106 Å². The van der Waals surface area contributed by atoms with Gasteiger partial charge < -0.3 is 5.11 Å². The van der Waals surface area contributed by atoms with Crippen molar-refractivity contribution in [1.82, 2.24) is 9.78 Å². The lowest BCUT2D eigenvalue weighted by molar-refractivity contribution is 0.0689. The molecule has 0 saturated heterocycles. The van der Waals surface area contributed by atoms with Gasteiger partial charge in [0.1, 0.15) is 5.69 Å². The van der Waals surface area contributed by atoms with Gasteiger partial charge in [-0.3, -0.25) is 9.48 Å². The predicted octanol–water partition coefficient (Wildman–Crippen LogP) is 0.0817. The van der Waals surface area contributed by atoms with Crippen LogP contribution in [0.3, 0.4) is 0 Å². The lowest BCUT2D eigenvalue weighted by Crippen LogP contribution is -2.25. The normalized spacial score (nSPS) is 11.8. The van der Waals surface area contributed by atoms with Crippen molar-refractivity contribution in [3.8, 4) is 0 Å². The molecule has 0 aliphatic carbocycles. The van der Waals surface area contributed by atoms with Gasteiger partial charge in [-0.15, -0.1) is 0 Å². The molecule has 0 amide bonds. The van der Waals surface area contributed by atoms with Crippen molar-refractivity contribution in [2.45, 2.75) is 19.1 Å². The Hall–Kier alpha value is -1.70. The number of rotatable bonds is 3. The molecule has 0 fully saturated rings. The number of carbonyl (C=O) groups excluding carboxylic acids is 1. The zero-order valence-corrected chi connectivity index (χ0v) is 10.4. The molecule has 8 heteroatoms. The maximum atomic E-state index is 11.7. The zero-order valence-electron chi connectivity index (χ0n) is 9.54. The summed E-state index contributed by atoms with van der Waals surface area (Å²) >= 11 is 0. The van der Waals surface area contributed by atoms with E-state index in [1.165, 1.54) is 20.9 Å². The van der Waals surface area contributed by atoms with Crippen LogP contribution in [0, 0.1) is 0 Å². The average Bonchev–Trinajstić information content (AvgIpc) is 2.59. The zero-order chi connectivity index (χ0) is 13.4. The quantitative estimate of drug-likeness (QED) is 0.825. The summed E-state index contributed by atoms with van der Waals surface area (Å²) < 4.78 is 24.2. The number of nitrogens with zero attached hydrogens (tertiary/aromatic N) is 2. The number of sulfone groups is 1. The second-order valence-electron chi connectivity index (χ2n) is 3.72. The first-order valence-corrected chi connectivity index (χ1v) is 6.28. The molecular formula is C9H12N2O5S. The Balaban J connectivity index is 3.27. The molecule has 1 aromatic rings. The number of carboxylic acid groups (broad SMARTS) is 1. The van der Waals surface area contributed by atoms with E-state index < -0.39 is 26.2 Å². The van der Waals surface area contributed by atoms with E-state index in [4.69, 9.17) is 5.11 Å². The van der Waals surface area contributed by atoms with Gasteiger partial charge in [0, 0.05) is 13.1 Å². The Morgan fingerprint density at radius 2 is 1.94 bits per heavy atom. The summed E-state index contributed by atoms with van der Waals surface area (Å²) in [5.41, 5.74) is -0.620. The summed E-state index contributed by atoms with van der Waals surface area (Å²) in [6, 6.07) is 0.949. The summed E-state index contributed by atoms with van der Waals surface area (Å²) in [4.78, 5) is 22.4. The van der Waals surface area contributed by atoms with Crippen LogP contribution in [0.15, 0.2) is 6.07 Å². The molecule has 0 spiro atoms. The first-order chi connectivity index (χ1) is 7.67. The smallest absolute Gasteiger partial charge is 0.356 e. The van der Waals surface area contributed by atoms with E-state index in [1.807, 2.05) is 0 Å². The van der Waals surface area contributed by atoms with Crippen LogP contribution in [0.4, 0.5) is 0 Å².